The van der Waals surface area contributed by atoms with Crippen LogP contribution in [0.2, 0.25) is 0 Å². The summed E-state index contributed by atoms with van der Waals surface area (Å²) in [5.74, 6) is 1.28. The molecule has 3 N–H and O–H groups in total. The number of rotatable bonds is 9. The molecular formula is C23H34N6O2. The maximum atomic E-state index is 11.8. The van der Waals surface area contributed by atoms with E-state index in [4.69, 9.17) is 4.74 Å². The van der Waals surface area contributed by atoms with Crippen LogP contribution in [0.25, 0.3) is 11.3 Å². The predicted octanol–water partition coefficient (Wildman–Crippen LogP) is 5.38. The number of aromatic nitrogens is 3. The molecular weight excluding hydrogens is 392 g/mol. The number of nitrogens with zero attached hydrogens (tertiary/aromatic N) is 3. The lowest BCUT2D eigenvalue weighted by atomic mass is 10.0. The van der Waals surface area contributed by atoms with Gasteiger partial charge in [0.2, 0.25) is 0 Å². The van der Waals surface area contributed by atoms with Gasteiger partial charge >= 0.3 is 6.03 Å². The number of benzene rings is 1. The highest BCUT2D eigenvalue weighted by Gasteiger charge is 2.13. The molecule has 168 valence electrons. The second-order valence-electron chi connectivity index (χ2n) is 6.96. The van der Waals surface area contributed by atoms with E-state index < -0.39 is 0 Å². The SMILES string of the molecule is CCC[C@H](Nc1cc(-c2ccc(NC(=O)NCC)c(OC)c2)ncn1)c1cccnc1.[HH].[HH].[HH]. The smallest absolute Gasteiger partial charge is 0.319 e. The first-order valence-electron chi connectivity index (χ1n) is 10.4. The summed E-state index contributed by atoms with van der Waals surface area (Å²) >= 11 is 0. The van der Waals surface area contributed by atoms with Crippen LogP contribution in [0.1, 0.15) is 42.6 Å². The van der Waals surface area contributed by atoms with Crippen molar-refractivity contribution in [3.05, 3.63) is 60.7 Å². The van der Waals surface area contributed by atoms with Crippen molar-refractivity contribution in [3.63, 3.8) is 0 Å². The van der Waals surface area contributed by atoms with Gasteiger partial charge in [0.05, 0.1) is 24.5 Å². The number of urea groups is 1. The molecule has 8 nitrogen and oxygen atoms in total. The average Bonchev–Trinajstić information content (AvgIpc) is 2.80. The summed E-state index contributed by atoms with van der Waals surface area (Å²) in [5.41, 5.74) is 3.31. The van der Waals surface area contributed by atoms with Crippen molar-refractivity contribution in [2.75, 3.05) is 24.3 Å². The van der Waals surface area contributed by atoms with Crippen LogP contribution in [0, 0.1) is 0 Å². The lowest BCUT2D eigenvalue weighted by Gasteiger charge is -2.19. The molecule has 2 heterocycles. The van der Waals surface area contributed by atoms with E-state index in [1.165, 1.54) is 6.33 Å². The maximum Gasteiger partial charge on any atom is 0.319 e. The van der Waals surface area contributed by atoms with E-state index in [-0.39, 0.29) is 16.4 Å². The molecule has 31 heavy (non-hydrogen) atoms. The lowest BCUT2D eigenvalue weighted by molar-refractivity contribution is 0.252. The molecule has 3 aromatic rings. The quantitative estimate of drug-likeness (QED) is 0.425. The van der Waals surface area contributed by atoms with Crippen molar-refractivity contribution >= 4 is 17.5 Å². The van der Waals surface area contributed by atoms with Crippen molar-refractivity contribution in [2.45, 2.75) is 32.7 Å². The highest BCUT2D eigenvalue weighted by molar-refractivity contribution is 5.91. The van der Waals surface area contributed by atoms with Crippen molar-refractivity contribution in [3.8, 4) is 17.0 Å². The summed E-state index contributed by atoms with van der Waals surface area (Å²) in [6.07, 6.45) is 7.17. The van der Waals surface area contributed by atoms with Crippen molar-refractivity contribution in [1.29, 1.82) is 0 Å². The summed E-state index contributed by atoms with van der Waals surface area (Å²) in [6.45, 7) is 4.56. The number of hydrogen-bond donors (Lipinski definition) is 3. The molecule has 0 aliphatic heterocycles. The van der Waals surface area contributed by atoms with Gasteiger partial charge < -0.3 is 20.7 Å². The molecule has 0 spiro atoms. The summed E-state index contributed by atoms with van der Waals surface area (Å²) in [5, 5.41) is 8.99. The Kier molecular flexibility index (Phi) is 7.75. The normalized spacial score (nSPS) is 11.5. The van der Waals surface area contributed by atoms with Gasteiger partial charge in [0.1, 0.15) is 17.9 Å². The number of pyridine rings is 1. The molecule has 0 fully saturated rings. The third-order valence-electron chi connectivity index (χ3n) is 4.74. The fourth-order valence-corrected chi connectivity index (χ4v) is 3.25. The van der Waals surface area contributed by atoms with Gasteiger partial charge in [-0.2, -0.15) is 0 Å². The Morgan fingerprint density at radius 2 is 2.06 bits per heavy atom. The Labute approximate surface area is 187 Å². The van der Waals surface area contributed by atoms with E-state index >= 15 is 0 Å². The fraction of sp³-hybridized carbons (Fsp3) is 0.304. The second kappa shape index (κ2) is 10.9. The van der Waals surface area contributed by atoms with E-state index in [1.54, 1.807) is 19.4 Å². The topological polar surface area (TPSA) is 101 Å². The van der Waals surface area contributed by atoms with Crippen LogP contribution in [0.3, 0.4) is 0 Å². The highest BCUT2D eigenvalue weighted by atomic mass is 16.5. The zero-order valence-corrected chi connectivity index (χ0v) is 18.1. The molecule has 0 bridgehead atoms. The zero-order chi connectivity index (χ0) is 22.1. The predicted molar refractivity (Wildman–Crippen MR) is 129 cm³/mol. The van der Waals surface area contributed by atoms with Gasteiger partial charge in [0, 0.05) is 34.8 Å². The molecule has 1 atom stereocenters. The number of amides is 2. The van der Waals surface area contributed by atoms with Crippen LogP contribution in [-0.2, 0) is 0 Å². The van der Waals surface area contributed by atoms with Crippen molar-refractivity contribution in [1.82, 2.24) is 20.3 Å². The van der Waals surface area contributed by atoms with Crippen LogP contribution in [0.5, 0.6) is 5.75 Å². The maximum absolute atomic E-state index is 11.8. The van der Waals surface area contributed by atoms with E-state index in [9.17, 15) is 4.79 Å². The Hall–Kier alpha value is -3.68. The van der Waals surface area contributed by atoms with Gasteiger partial charge in [0.15, 0.2) is 0 Å². The first-order chi connectivity index (χ1) is 15.1. The van der Waals surface area contributed by atoms with Crippen molar-refractivity contribution in [2.24, 2.45) is 0 Å². The Balaban J connectivity index is 0.00000363. The molecule has 0 aliphatic carbocycles. The number of methoxy groups -OCH3 is 1. The molecule has 2 amide bonds. The monoisotopic (exact) mass is 426 g/mol. The Morgan fingerprint density at radius 3 is 2.77 bits per heavy atom. The van der Waals surface area contributed by atoms with E-state index in [0.29, 0.717) is 18.0 Å². The number of carbonyl (C=O) groups excluding carboxylic acids is 1. The summed E-state index contributed by atoms with van der Waals surface area (Å²) in [7, 11) is 1.57. The molecule has 0 saturated carbocycles. The minimum absolute atomic E-state index is 0. The Bertz CT molecular complexity index is 1010. The van der Waals surface area contributed by atoms with Crippen LogP contribution in [0.4, 0.5) is 16.3 Å². The van der Waals surface area contributed by atoms with Gasteiger partial charge in [-0.1, -0.05) is 25.5 Å². The third-order valence-corrected chi connectivity index (χ3v) is 4.74. The van der Waals surface area contributed by atoms with Crippen LogP contribution in [0.15, 0.2) is 55.1 Å². The number of ether oxygens (including phenoxy) is 1. The largest absolute Gasteiger partial charge is 0.495 e. The first kappa shape index (κ1) is 22.0. The summed E-state index contributed by atoms with van der Waals surface area (Å²) in [6, 6.07) is 11.3. The van der Waals surface area contributed by atoms with Crippen LogP contribution < -0.4 is 20.7 Å². The molecule has 0 saturated heterocycles. The van der Waals surface area contributed by atoms with E-state index in [1.807, 2.05) is 37.4 Å². The van der Waals surface area contributed by atoms with Gasteiger partial charge in [0.25, 0.3) is 0 Å². The fourth-order valence-electron chi connectivity index (χ4n) is 3.25. The van der Waals surface area contributed by atoms with Gasteiger partial charge in [-0.25, -0.2) is 14.8 Å². The molecule has 2 aromatic heterocycles. The second-order valence-corrected chi connectivity index (χ2v) is 6.96. The number of anilines is 2. The molecule has 0 unspecified atom stereocenters. The standard InChI is InChI=1S/C23H28N6O2.3H2/c1-4-7-18(17-8-6-11-24-14-17)28-22-13-20(26-15-27-22)16-9-10-19(21(12-16)31-3)29-23(30)25-5-2;;;/h6,8-15,18H,4-5,7H2,1-3H3,(H2,25,29,30)(H,26,27,28);3*1H/t18-;;;/m0.../s1. The minimum atomic E-state index is -0.278. The van der Waals surface area contributed by atoms with Gasteiger partial charge in [-0.3, -0.25) is 4.98 Å². The van der Waals surface area contributed by atoms with E-state index in [2.05, 4.69) is 43.9 Å². The van der Waals surface area contributed by atoms with Gasteiger partial charge in [-0.15, -0.1) is 0 Å². The third kappa shape index (κ3) is 5.91. The Morgan fingerprint density at radius 1 is 1.19 bits per heavy atom. The minimum Gasteiger partial charge on any atom is -0.495 e. The zero-order valence-electron chi connectivity index (χ0n) is 18.1. The summed E-state index contributed by atoms with van der Waals surface area (Å²) < 4.78 is 5.46. The molecule has 1 aromatic carbocycles. The molecule has 8 heteroatoms. The van der Waals surface area contributed by atoms with Gasteiger partial charge in [-0.05, 0) is 37.1 Å². The number of nitrogens with one attached hydrogen (secondary N) is 3. The lowest BCUT2D eigenvalue weighted by Crippen LogP contribution is -2.28. The molecule has 3 rings (SSSR count). The van der Waals surface area contributed by atoms with Crippen molar-refractivity contribution < 1.29 is 13.8 Å². The molecule has 0 radical (unpaired) electrons. The average molecular weight is 427 g/mol. The first-order valence-corrected chi connectivity index (χ1v) is 10.4. The number of carbonyl (C=O) groups is 1. The van der Waals surface area contributed by atoms with Crippen LogP contribution >= 0.6 is 0 Å². The summed E-state index contributed by atoms with van der Waals surface area (Å²) in [4.78, 5) is 24.9. The molecule has 0 aliphatic rings. The number of hydrogen-bond acceptors (Lipinski definition) is 6. The highest BCUT2D eigenvalue weighted by Crippen LogP contribution is 2.31. The van der Waals surface area contributed by atoms with E-state index in [0.717, 1.165) is 35.5 Å². The van der Waals surface area contributed by atoms with Crippen LogP contribution in [-0.4, -0.2) is 34.6 Å².